The lowest BCUT2D eigenvalue weighted by Gasteiger charge is -2.13. The Labute approximate surface area is 93.5 Å². The van der Waals surface area contributed by atoms with Gasteiger partial charge >= 0.3 is 0 Å². The van der Waals surface area contributed by atoms with Gasteiger partial charge < -0.3 is 5.32 Å². The fraction of sp³-hybridized carbons (Fsp3) is 0.700. The van der Waals surface area contributed by atoms with Gasteiger partial charge in [-0.1, -0.05) is 6.92 Å². The summed E-state index contributed by atoms with van der Waals surface area (Å²) in [6, 6.07) is 2.25. The number of nitrogens with one attached hydrogen (secondary N) is 1. The van der Waals surface area contributed by atoms with E-state index >= 15 is 0 Å². The van der Waals surface area contributed by atoms with Crippen LogP contribution in [0.3, 0.4) is 0 Å². The summed E-state index contributed by atoms with van der Waals surface area (Å²) in [7, 11) is 1.25. The minimum Gasteiger partial charge on any atom is -0.308 e. The number of aromatic nitrogens is 2. The first kappa shape index (κ1) is 12.4. The molecule has 1 aromatic rings. The van der Waals surface area contributed by atoms with E-state index in [0.717, 1.165) is 23.7 Å². The molecule has 5 heteroatoms. The van der Waals surface area contributed by atoms with E-state index in [1.54, 1.807) is 6.20 Å². The highest BCUT2D eigenvalue weighted by Gasteiger charge is 2.08. The first-order valence-electron chi connectivity index (χ1n) is 5.21. The molecule has 0 aromatic carbocycles. The van der Waals surface area contributed by atoms with E-state index < -0.39 is 10.8 Å². The average molecular weight is 229 g/mol. The molecule has 86 valence electrons. The second-order valence-electron chi connectivity index (χ2n) is 3.49. The fourth-order valence-corrected chi connectivity index (χ4v) is 2.08. The topological polar surface area (TPSA) is 46.9 Å². The Bertz CT molecular complexity index is 324. The van der Waals surface area contributed by atoms with E-state index in [9.17, 15) is 4.21 Å². The maximum Gasteiger partial charge on any atom is 0.0547 e. The average Bonchev–Trinajstić information content (AvgIpc) is 2.64. The molecule has 0 aliphatic carbocycles. The molecular weight excluding hydrogens is 210 g/mol. The maximum atomic E-state index is 11.2. The summed E-state index contributed by atoms with van der Waals surface area (Å²) >= 11 is 0. The smallest absolute Gasteiger partial charge is 0.0547 e. The molecule has 15 heavy (non-hydrogen) atoms. The molecule has 0 radical (unpaired) electrons. The summed E-state index contributed by atoms with van der Waals surface area (Å²) in [6.07, 6.45) is 1.79. The Morgan fingerprint density at radius 2 is 2.40 bits per heavy atom. The van der Waals surface area contributed by atoms with Crippen molar-refractivity contribution >= 4 is 10.8 Å². The normalized spacial score (nSPS) is 15.1. The van der Waals surface area contributed by atoms with Crippen molar-refractivity contribution in [2.45, 2.75) is 19.9 Å². The molecule has 0 saturated heterocycles. The number of rotatable bonds is 6. The lowest BCUT2D eigenvalue weighted by atomic mass is 10.2. The predicted octanol–water partition coefficient (Wildman–Crippen LogP) is 0.839. The Morgan fingerprint density at radius 1 is 1.67 bits per heavy atom. The third kappa shape index (κ3) is 3.76. The van der Waals surface area contributed by atoms with Gasteiger partial charge in [0.2, 0.25) is 0 Å². The van der Waals surface area contributed by atoms with Crippen molar-refractivity contribution in [2.24, 2.45) is 7.05 Å². The van der Waals surface area contributed by atoms with Crippen LogP contribution in [-0.2, 0) is 17.8 Å². The molecule has 1 rings (SSSR count). The first-order valence-corrected chi connectivity index (χ1v) is 6.70. The standard InChI is InChI=1S/C10H19N3OS/c1-4-15(14)8-7-11-9(2)10-5-6-12-13(10)3/h5-6,9,11H,4,7-8H2,1-3H3. The summed E-state index contributed by atoms with van der Waals surface area (Å²) in [6.45, 7) is 4.82. The van der Waals surface area contributed by atoms with Gasteiger partial charge in [-0.15, -0.1) is 0 Å². The quantitative estimate of drug-likeness (QED) is 0.786. The van der Waals surface area contributed by atoms with Crippen LogP contribution in [0.15, 0.2) is 12.3 Å². The zero-order valence-corrected chi connectivity index (χ0v) is 10.4. The van der Waals surface area contributed by atoms with E-state index in [1.807, 2.05) is 24.7 Å². The second-order valence-corrected chi connectivity index (χ2v) is 5.35. The molecule has 2 unspecified atom stereocenters. The van der Waals surface area contributed by atoms with Crippen LogP contribution >= 0.6 is 0 Å². The van der Waals surface area contributed by atoms with Gasteiger partial charge in [0.15, 0.2) is 0 Å². The monoisotopic (exact) mass is 229 g/mol. The summed E-state index contributed by atoms with van der Waals surface area (Å²) < 4.78 is 13.1. The number of aryl methyl sites for hydroxylation is 1. The van der Waals surface area contributed by atoms with Crippen LogP contribution in [0.5, 0.6) is 0 Å². The van der Waals surface area contributed by atoms with Gasteiger partial charge in [0.25, 0.3) is 0 Å². The lowest BCUT2D eigenvalue weighted by molar-refractivity contribution is 0.546. The van der Waals surface area contributed by atoms with Crippen LogP contribution in [-0.4, -0.2) is 32.0 Å². The van der Waals surface area contributed by atoms with Crippen LogP contribution in [0.25, 0.3) is 0 Å². The molecule has 0 aliphatic rings. The molecule has 0 fully saturated rings. The molecule has 1 heterocycles. The number of hydrogen-bond donors (Lipinski definition) is 1. The van der Waals surface area contributed by atoms with Gasteiger partial charge in [0, 0.05) is 48.1 Å². The summed E-state index contributed by atoms with van der Waals surface area (Å²) in [5.41, 5.74) is 1.15. The van der Waals surface area contributed by atoms with E-state index in [2.05, 4.69) is 17.3 Å². The van der Waals surface area contributed by atoms with E-state index in [1.165, 1.54) is 0 Å². The molecule has 0 amide bonds. The Morgan fingerprint density at radius 3 is 2.93 bits per heavy atom. The van der Waals surface area contributed by atoms with Gasteiger partial charge in [-0.3, -0.25) is 8.89 Å². The number of nitrogens with zero attached hydrogens (tertiary/aromatic N) is 2. The molecule has 0 saturated carbocycles. The highest BCUT2D eigenvalue weighted by Crippen LogP contribution is 2.09. The molecule has 0 bridgehead atoms. The van der Waals surface area contributed by atoms with Gasteiger partial charge in [0.05, 0.1) is 5.69 Å². The minimum atomic E-state index is -0.680. The third-order valence-corrected chi connectivity index (χ3v) is 3.71. The molecule has 0 spiro atoms. The SMILES string of the molecule is CCS(=O)CCNC(C)c1ccnn1C. The number of hydrogen-bond acceptors (Lipinski definition) is 3. The fourth-order valence-electron chi connectivity index (χ4n) is 1.45. The third-order valence-electron chi connectivity index (χ3n) is 2.40. The lowest BCUT2D eigenvalue weighted by Crippen LogP contribution is -2.25. The van der Waals surface area contributed by atoms with Crippen molar-refractivity contribution in [1.29, 1.82) is 0 Å². The molecular formula is C10H19N3OS. The first-order chi connectivity index (χ1) is 7.15. The molecule has 2 atom stereocenters. The second kappa shape index (κ2) is 6.02. The maximum absolute atomic E-state index is 11.2. The van der Waals surface area contributed by atoms with Crippen LogP contribution in [0.1, 0.15) is 25.6 Å². The largest absolute Gasteiger partial charge is 0.308 e. The Balaban J connectivity index is 2.34. The van der Waals surface area contributed by atoms with Crippen molar-refractivity contribution in [3.63, 3.8) is 0 Å². The zero-order chi connectivity index (χ0) is 11.3. The molecule has 0 aliphatic heterocycles. The Kier molecular flexibility index (Phi) is 4.98. The van der Waals surface area contributed by atoms with E-state index in [0.29, 0.717) is 0 Å². The van der Waals surface area contributed by atoms with Gasteiger partial charge in [-0.2, -0.15) is 5.10 Å². The summed E-state index contributed by atoms with van der Waals surface area (Å²) in [5.74, 6) is 1.46. The van der Waals surface area contributed by atoms with Crippen molar-refractivity contribution in [3.8, 4) is 0 Å². The summed E-state index contributed by atoms with van der Waals surface area (Å²) in [4.78, 5) is 0. The minimum absolute atomic E-state index is 0.256. The molecule has 4 nitrogen and oxygen atoms in total. The van der Waals surface area contributed by atoms with Crippen LogP contribution < -0.4 is 5.32 Å². The van der Waals surface area contributed by atoms with E-state index in [-0.39, 0.29) is 6.04 Å². The van der Waals surface area contributed by atoms with Crippen molar-refractivity contribution in [2.75, 3.05) is 18.1 Å². The van der Waals surface area contributed by atoms with Crippen molar-refractivity contribution in [3.05, 3.63) is 18.0 Å². The highest BCUT2D eigenvalue weighted by molar-refractivity contribution is 7.84. The van der Waals surface area contributed by atoms with E-state index in [4.69, 9.17) is 0 Å². The van der Waals surface area contributed by atoms with Gasteiger partial charge in [-0.25, -0.2) is 0 Å². The predicted molar refractivity (Wildman–Crippen MR) is 63.2 cm³/mol. The van der Waals surface area contributed by atoms with Crippen LogP contribution in [0.2, 0.25) is 0 Å². The van der Waals surface area contributed by atoms with Crippen molar-refractivity contribution in [1.82, 2.24) is 15.1 Å². The highest BCUT2D eigenvalue weighted by atomic mass is 32.2. The van der Waals surface area contributed by atoms with Gasteiger partial charge in [0.1, 0.15) is 0 Å². The molecule has 1 N–H and O–H groups in total. The van der Waals surface area contributed by atoms with Gasteiger partial charge in [-0.05, 0) is 13.0 Å². The summed E-state index contributed by atoms with van der Waals surface area (Å²) in [5, 5.41) is 7.45. The zero-order valence-electron chi connectivity index (χ0n) is 9.56. The Hall–Kier alpha value is -0.680. The van der Waals surface area contributed by atoms with Crippen molar-refractivity contribution < 1.29 is 4.21 Å². The van der Waals surface area contributed by atoms with Crippen LogP contribution in [0, 0.1) is 0 Å². The molecule has 1 aromatic heterocycles. The van der Waals surface area contributed by atoms with Crippen LogP contribution in [0.4, 0.5) is 0 Å².